The SMILES string of the molecule is C[S+]([O-])c1c(F)c(S(=O)(=O)O)c(F)c(F)c1C#N. The van der Waals surface area contributed by atoms with Gasteiger partial charge in [0.1, 0.15) is 17.9 Å². The number of hydrogen-bond donors (Lipinski definition) is 1. The summed E-state index contributed by atoms with van der Waals surface area (Å²) in [6.07, 6.45) is 0.838. The third kappa shape index (κ3) is 2.30. The van der Waals surface area contributed by atoms with Gasteiger partial charge in [0.2, 0.25) is 10.7 Å². The van der Waals surface area contributed by atoms with E-state index in [0.717, 1.165) is 12.3 Å². The number of rotatable bonds is 2. The van der Waals surface area contributed by atoms with E-state index in [2.05, 4.69) is 0 Å². The van der Waals surface area contributed by atoms with Gasteiger partial charge in [0.15, 0.2) is 16.5 Å². The highest BCUT2D eigenvalue weighted by molar-refractivity contribution is 7.91. The van der Waals surface area contributed by atoms with Crippen LogP contribution in [0.1, 0.15) is 5.56 Å². The van der Waals surface area contributed by atoms with E-state index in [-0.39, 0.29) is 0 Å². The van der Waals surface area contributed by atoms with E-state index in [1.807, 2.05) is 0 Å². The normalized spacial score (nSPS) is 13.2. The predicted octanol–water partition coefficient (Wildman–Crippen LogP) is 0.960. The molecule has 98 valence electrons. The molecule has 0 radical (unpaired) electrons. The Hall–Kier alpha value is -1.28. The van der Waals surface area contributed by atoms with Crippen molar-refractivity contribution in [1.82, 2.24) is 0 Å². The Balaban J connectivity index is 3.98. The van der Waals surface area contributed by atoms with Crippen LogP contribution < -0.4 is 0 Å². The first-order chi connectivity index (χ1) is 8.12. The van der Waals surface area contributed by atoms with Gasteiger partial charge in [-0.05, 0) is 11.2 Å². The van der Waals surface area contributed by atoms with Crippen LogP contribution in [0.2, 0.25) is 0 Å². The van der Waals surface area contributed by atoms with Crippen molar-refractivity contribution in [3.8, 4) is 6.07 Å². The van der Waals surface area contributed by atoms with Crippen LogP contribution in [0.4, 0.5) is 13.2 Å². The van der Waals surface area contributed by atoms with E-state index in [1.165, 1.54) is 0 Å². The predicted molar refractivity (Wildman–Crippen MR) is 53.2 cm³/mol. The second-order valence-electron chi connectivity index (χ2n) is 3.02. The molecule has 0 aliphatic carbocycles. The van der Waals surface area contributed by atoms with Crippen molar-refractivity contribution in [2.24, 2.45) is 0 Å². The second-order valence-corrected chi connectivity index (χ2v) is 5.69. The van der Waals surface area contributed by atoms with Crippen LogP contribution in [0.5, 0.6) is 0 Å². The zero-order chi connectivity index (χ0) is 14.2. The number of halogens is 3. The van der Waals surface area contributed by atoms with Crippen LogP contribution in [0, 0.1) is 28.8 Å². The van der Waals surface area contributed by atoms with Crippen LogP contribution in [-0.4, -0.2) is 23.8 Å². The first kappa shape index (κ1) is 14.8. The van der Waals surface area contributed by atoms with Gasteiger partial charge in [-0.1, -0.05) is 0 Å². The minimum atomic E-state index is -5.40. The van der Waals surface area contributed by atoms with E-state index < -0.39 is 54.1 Å². The molecule has 0 aliphatic rings. The van der Waals surface area contributed by atoms with Crippen molar-refractivity contribution < 1.29 is 30.7 Å². The largest absolute Gasteiger partial charge is 0.612 e. The molecule has 0 heterocycles. The van der Waals surface area contributed by atoms with Crippen molar-refractivity contribution in [2.75, 3.05) is 6.26 Å². The average molecular weight is 299 g/mol. The van der Waals surface area contributed by atoms with Crippen LogP contribution in [-0.2, 0) is 21.3 Å². The highest BCUT2D eigenvalue weighted by Gasteiger charge is 2.35. The van der Waals surface area contributed by atoms with Gasteiger partial charge in [0, 0.05) is 0 Å². The topological polar surface area (TPSA) is 101 Å². The standard InChI is InChI=1S/C8H4F3NO4S2/c1-17(13)7-3(2-12)4(9)5(10)8(6(7)11)18(14,15)16/h1H3,(H,14,15,16). The van der Waals surface area contributed by atoms with Gasteiger partial charge in [-0.3, -0.25) is 4.55 Å². The summed E-state index contributed by atoms with van der Waals surface area (Å²) in [5, 5.41) is 8.52. The minimum absolute atomic E-state index is 0.838. The third-order valence-electron chi connectivity index (χ3n) is 1.89. The monoisotopic (exact) mass is 299 g/mol. The number of benzene rings is 1. The molecule has 5 nitrogen and oxygen atoms in total. The van der Waals surface area contributed by atoms with Crippen molar-refractivity contribution in [3.63, 3.8) is 0 Å². The molecule has 0 saturated carbocycles. The van der Waals surface area contributed by atoms with Crippen LogP contribution >= 0.6 is 0 Å². The number of nitriles is 1. The lowest BCUT2D eigenvalue weighted by Gasteiger charge is -2.11. The quantitative estimate of drug-likeness (QED) is 0.498. The molecule has 1 aromatic rings. The molecule has 1 atom stereocenters. The molecule has 0 amide bonds. The van der Waals surface area contributed by atoms with Gasteiger partial charge in [-0.15, -0.1) is 0 Å². The first-order valence-electron chi connectivity index (χ1n) is 4.04. The third-order valence-corrected chi connectivity index (χ3v) is 3.73. The fraction of sp³-hybridized carbons (Fsp3) is 0.125. The molecule has 0 aliphatic heterocycles. The zero-order valence-corrected chi connectivity index (χ0v) is 10.2. The van der Waals surface area contributed by atoms with E-state index in [1.54, 1.807) is 0 Å². The van der Waals surface area contributed by atoms with Gasteiger partial charge in [-0.2, -0.15) is 18.1 Å². The molecule has 1 aromatic carbocycles. The first-order valence-corrected chi connectivity index (χ1v) is 7.04. The van der Waals surface area contributed by atoms with Gasteiger partial charge in [0.25, 0.3) is 0 Å². The van der Waals surface area contributed by atoms with Gasteiger partial charge < -0.3 is 4.55 Å². The molecule has 18 heavy (non-hydrogen) atoms. The number of nitrogens with zero attached hydrogens (tertiary/aromatic N) is 1. The van der Waals surface area contributed by atoms with Crippen LogP contribution in [0.3, 0.4) is 0 Å². The number of hydrogen-bond acceptors (Lipinski definition) is 4. The van der Waals surface area contributed by atoms with Gasteiger partial charge >= 0.3 is 10.1 Å². The summed E-state index contributed by atoms with van der Waals surface area (Å²) in [7, 11) is -5.40. The second kappa shape index (κ2) is 4.77. The van der Waals surface area contributed by atoms with E-state index >= 15 is 0 Å². The smallest absolute Gasteiger partial charge is 0.300 e. The van der Waals surface area contributed by atoms with Gasteiger partial charge in [-0.25, -0.2) is 8.78 Å². The summed E-state index contributed by atoms with van der Waals surface area (Å²) in [5.74, 6) is -6.17. The van der Waals surface area contributed by atoms with E-state index in [9.17, 15) is 26.1 Å². The lowest BCUT2D eigenvalue weighted by Crippen LogP contribution is -2.15. The molecule has 10 heteroatoms. The summed E-state index contributed by atoms with van der Waals surface area (Å²) in [5.41, 5.74) is -1.21. The summed E-state index contributed by atoms with van der Waals surface area (Å²) in [6.45, 7) is 0. The van der Waals surface area contributed by atoms with Crippen LogP contribution in [0.25, 0.3) is 0 Å². The molecule has 0 spiro atoms. The molecule has 0 aromatic heterocycles. The lowest BCUT2D eigenvalue weighted by atomic mass is 10.2. The average Bonchev–Trinajstić information content (AvgIpc) is 2.20. The van der Waals surface area contributed by atoms with E-state index in [4.69, 9.17) is 9.81 Å². The molecular weight excluding hydrogens is 295 g/mol. The fourth-order valence-corrected chi connectivity index (χ4v) is 2.70. The molecule has 1 N–H and O–H groups in total. The Kier molecular flexibility index (Phi) is 3.92. The van der Waals surface area contributed by atoms with Crippen molar-refractivity contribution >= 4 is 21.3 Å². The summed E-state index contributed by atoms with van der Waals surface area (Å²) in [4.78, 5) is -3.09. The Labute approximate surface area is 103 Å². The Morgan fingerprint density at radius 3 is 2.11 bits per heavy atom. The fourth-order valence-electron chi connectivity index (χ4n) is 1.21. The van der Waals surface area contributed by atoms with Crippen molar-refractivity contribution in [1.29, 1.82) is 5.26 Å². The molecule has 0 fully saturated rings. The molecule has 1 unspecified atom stereocenters. The van der Waals surface area contributed by atoms with Crippen LogP contribution in [0.15, 0.2) is 9.79 Å². The van der Waals surface area contributed by atoms with E-state index in [0.29, 0.717) is 0 Å². The summed E-state index contributed by atoms with van der Waals surface area (Å²) < 4.78 is 81.4. The highest BCUT2D eigenvalue weighted by atomic mass is 32.2. The summed E-state index contributed by atoms with van der Waals surface area (Å²) >= 11 is -2.30. The lowest BCUT2D eigenvalue weighted by molar-refractivity contribution is 0.420. The van der Waals surface area contributed by atoms with Crippen molar-refractivity contribution in [3.05, 3.63) is 23.0 Å². The molecular formula is C8H4F3NO4S2. The minimum Gasteiger partial charge on any atom is -0.612 e. The maximum atomic E-state index is 13.6. The maximum Gasteiger partial charge on any atom is 0.300 e. The molecule has 0 bridgehead atoms. The Bertz CT molecular complexity index is 652. The maximum absolute atomic E-state index is 13.6. The Morgan fingerprint density at radius 1 is 1.28 bits per heavy atom. The van der Waals surface area contributed by atoms with Gasteiger partial charge in [0.05, 0.1) is 0 Å². The zero-order valence-electron chi connectivity index (χ0n) is 8.57. The highest BCUT2D eigenvalue weighted by Crippen LogP contribution is 2.30. The van der Waals surface area contributed by atoms with Crippen molar-refractivity contribution in [2.45, 2.75) is 9.79 Å². The summed E-state index contributed by atoms with van der Waals surface area (Å²) in [6, 6.07) is 1.08. The Morgan fingerprint density at radius 2 is 1.78 bits per heavy atom. The molecule has 1 rings (SSSR count). The molecule has 0 saturated heterocycles.